The van der Waals surface area contributed by atoms with Crippen molar-refractivity contribution in [2.45, 2.75) is 32.2 Å². The van der Waals surface area contributed by atoms with Crippen LogP contribution in [0.4, 0.5) is 36.3 Å². The second-order valence-electron chi connectivity index (χ2n) is 8.47. The van der Waals surface area contributed by atoms with Crippen LogP contribution in [0.5, 0.6) is 0 Å². The molecule has 188 valence electrons. The Labute approximate surface area is 201 Å². The second-order valence-corrected chi connectivity index (χ2v) is 10.5. The minimum atomic E-state index is -4.69. The number of rotatable bonds is 8. The fourth-order valence-corrected chi connectivity index (χ4v) is 3.61. The maximum Gasteiger partial charge on any atom is 0.421 e. The van der Waals surface area contributed by atoms with E-state index in [9.17, 15) is 26.7 Å². The summed E-state index contributed by atoms with van der Waals surface area (Å²) in [6, 6.07) is 13.1. The molecule has 0 aliphatic rings. The SMILES string of the molecule is CN(c1cccc(CNc2nc(Nc3ccc(C(C)(C)O)cc3)ncc2C(F)(F)F)c1)S(C)(=O)=O. The highest BCUT2D eigenvalue weighted by atomic mass is 32.2. The summed E-state index contributed by atoms with van der Waals surface area (Å²) in [5.41, 5.74) is 0.0601. The van der Waals surface area contributed by atoms with Gasteiger partial charge in [0.05, 0.1) is 17.5 Å². The van der Waals surface area contributed by atoms with Crippen LogP contribution < -0.4 is 14.9 Å². The zero-order valence-corrected chi connectivity index (χ0v) is 20.4. The predicted molar refractivity (Wildman–Crippen MR) is 129 cm³/mol. The van der Waals surface area contributed by atoms with E-state index < -0.39 is 33.2 Å². The summed E-state index contributed by atoms with van der Waals surface area (Å²) in [5, 5.41) is 15.6. The molecule has 3 rings (SSSR count). The smallest absolute Gasteiger partial charge is 0.386 e. The Morgan fingerprint density at radius 3 is 2.31 bits per heavy atom. The van der Waals surface area contributed by atoms with Gasteiger partial charge in [0.25, 0.3) is 0 Å². The summed E-state index contributed by atoms with van der Waals surface area (Å²) in [6.45, 7) is 3.24. The molecule has 0 saturated carbocycles. The summed E-state index contributed by atoms with van der Waals surface area (Å²) in [4.78, 5) is 7.80. The zero-order chi connectivity index (χ0) is 26.0. The summed E-state index contributed by atoms with van der Waals surface area (Å²) in [7, 11) is -2.10. The van der Waals surface area contributed by atoms with Gasteiger partial charge in [-0.05, 0) is 49.2 Å². The molecule has 0 aliphatic heterocycles. The third-order valence-corrected chi connectivity index (χ3v) is 6.38. The number of halogens is 3. The van der Waals surface area contributed by atoms with Gasteiger partial charge in [-0.3, -0.25) is 4.31 Å². The van der Waals surface area contributed by atoms with Crippen molar-refractivity contribution in [3.63, 3.8) is 0 Å². The lowest BCUT2D eigenvalue weighted by Crippen LogP contribution is -2.24. The number of nitrogens with zero attached hydrogens (tertiary/aromatic N) is 3. The summed E-state index contributed by atoms with van der Waals surface area (Å²) in [5.74, 6) is -0.480. The van der Waals surface area contributed by atoms with Crippen LogP contribution in [0.25, 0.3) is 0 Å². The minimum absolute atomic E-state index is 0.0365. The Kier molecular flexibility index (Phi) is 7.27. The molecule has 0 aliphatic carbocycles. The van der Waals surface area contributed by atoms with Gasteiger partial charge in [0, 0.05) is 25.5 Å². The van der Waals surface area contributed by atoms with E-state index in [0.29, 0.717) is 28.7 Å². The summed E-state index contributed by atoms with van der Waals surface area (Å²) >= 11 is 0. The molecule has 0 saturated heterocycles. The number of nitrogens with one attached hydrogen (secondary N) is 2. The molecule has 0 amide bonds. The van der Waals surface area contributed by atoms with E-state index in [1.165, 1.54) is 7.05 Å². The molecular weight excluding hydrogens is 483 g/mol. The van der Waals surface area contributed by atoms with Crippen molar-refractivity contribution in [1.82, 2.24) is 9.97 Å². The van der Waals surface area contributed by atoms with Gasteiger partial charge in [-0.15, -0.1) is 0 Å². The van der Waals surface area contributed by atoms with E-state index in [0.717, 1.165) is 10.6 Å². The maximum atomic E-state index is 13.6. The predicted octanol–water partition coefficient (Wildman–Crippen LogP) is 4.47. The number of hydrogen-bond acceptors (Lipinski definition) is 7. The Morgan fingerprint density at radius 2 is 1.74 bits per heavy atom. The third kappa shape index (κ3) is 6.83. The molecule has 1 aromatic heterocycles. The fourth-order valence-electron chi connectivity index (χ4n) is 3.11. The number of alkyl halides is 3. The van der Waals surface area contributed by atoms with Crippen molar-refractivity contribution in [2.75, 3.05) is 28.2 Å². The summed E-state index contributed by atoms with van der Waals surface area (Å²) in [6.07, 6.45) is -2.94. The molecule has 0 spiro atoms. The highest BCUT2D eigenvalue weighted by molar-refractivity contribution is 7.92. The van der Waals surface area contributed by atoms with Gasteiger partial charge >= 0.3 is 6.18 Å². The van der Waals surface area contributed by atoms with E-state index >= 15 is 0 Å². The molecule has 3 aromatic rings. The Balaban J connectivity index is 1.84. The lowest BCUT2D eigenvalue weighted by atomic mass is 9.98. The quantitative estimate of drug-likeness (QED) is 0.411. The normalized spacial score (nSPS) is 12.3. The standard InChI is InChI=1S/C23H26F3N5O3S/c1-22(2,32)16-8-10-17(11-9-16)29-21-28-14-19(23(24,25)26)20(30-21)27-13-15-6-5-7-18(12-15)31(3)35(4,33)34/h5-12,14,32H,13H2,1-4H3,(H2,27,28,29,30). The van der Waals surface area contributed by atoms with Crippen LogP contribution in [0.1, 0.15) is 30.5 Å². The topological polar surface area (TPSA) is 107 Å². The van der Waals surface area contributed by atoms with Crippen LogP contribution >= 0.6 is 0 Å². The van der Waals surface area contributed by atoms with Gasteiger partial charge < -0.3 is 15.7 Å². The van der Waals surface area contributed by atoms with E-state index in [4.69, 9.17) is 0 Å². The number of anilines is 4. The van der Waals surface area contributed by atoms with E-state index in [-0.39, 0.29) is 12.5 Å². The average Bonchev–Trinajstić information content (AvgIpc) is 2.76. The highest BCUT2D eigenvalue weighted by Crippen LogP contribution is 2.34. The van der Waals surface area contributed by atoms with Gasteiger partial charge in [0.15, 0.2) is 0 Å². The molecule has 2 aromatic carbocycles. The molecule has 3 N–H and O–H groups in total. The highest BCUT2D eigenvalue weighted by Gasteiger charge is 2.35. The van der Waals surface area contributed by atoms with Gasteiger partial charge in [-0.2, -0.15) is 18.2 Å². The van der Waals surface area contributed by atoms with Crippen molar-refractivity contribution in [1.29, 1.82) is 0 Å². The minimum Gasteiger partial charge on any atom is -0.386 e. The van der Waals surface area contributed by atoms with Crippen LogP contribution in [0, 0.1) is 0 Å². The van der Waals surface area contributed by atoms with Gasteiger partial charge in [-0.1, -0.05) is 24.3 Å². The van der Waals surface area contributed by atoms with Gasteiger partial charge in [-0.25, -0.2) is 13.4 Å². The van der Waals surface area contributed by atoms with Crippen molar-refractivity contribution in [3.8, 4) is 0 Å². The van der Waals surface area contributed by atoms with Crippen molar-refractivity contribution in [2.24, 2.45) is 0 Å². The molecule has 0 fully saturated rings. The first-order chi connectivity index (χ1) is 16.1. The number of aromatic nitrogens is 2. The maximum absolute atomic E-state index is 13.6. The van der Waals surface area contributed by atoms with Gasteiger partial charge in [0.1, 0.15) is 11.4 Å². The zero-order valence-electron chi connectivity index (χ0n) is 19.6. The molecule has 1 heterocycles. The first-order valence-corrected chi connectivity index (χ1v) is 12.3. The number of aliphatic hydroxyl groups is 1. The molecule has 8 nitrogen and oxygen atoms in total. The second kappa shape index (κ2) is 9.70. The first kappa shape index (κ1) is 26.2. The van der Waals surface area contributed by atoms with Crippen LogP contribution in [-0.4, -0.2) is 36.8 Å². The van der Waals surface area contributed by atoms with Crippen LogP contribution in [0.15, 0.2) is 54.7 Å². The van der Waals surface area contributed by atoms with Crippen LogP contribution in [0.2, 0.25) is 0 Å². The lowest BCUT2D eigenvalue weighted by Gasteiger charge is -2.19. The average molecular weight is 510 g/mol. The van der Waals surface area contributed by atoms with E-state index in [2.05, 4.69) is 20.6 Å². The number of benzene rings is 2. The Morgan fingerprint density at radius 1 is 1.09 bits per heavy atom. The monoisotopic (exact) mass is 509 g/mol. The van der Waals surface area contributed by atoms with Crippen LogP contribution in [0.3, 0.4) is 0 Å². The van der Waals surface area contributed by atoms with Crippen LogP contribution in [-0.2, 0) is 28.3 Å². The Bertz CT molecular complexity index is 1290. The molecule has 0 radical (unpaired) electrons. The van der Waals surface area contributed by atoms with E-state index in [1.54, 1.807) is 62.4 Å². The number of sulfonamides is 1. The molecule has 0 unspecified atom stereocenters. The third-order valence-electron chi connectivity index (χ3n) is 5.17. The molecule has 0 bridgehead atoms. The summed E-state index contributed by atoms with van der Waals surface area (Å²) < 4.78 is 65.3. The van der Waals surface area contributed by atoms with E-state index in [1.807, 2.05) is 0 Å². The molecule has 35 heavy (non-hydrogen) atoms. The van der Waals surface area contributed by atoms with Crippen molar-refractivity contribution in [3.05, 3.63) is 71.4 Å². The Hall–Kier alpha value is -3.38. The molecule has 12 heteroatoms. The van der Waals surface area contributed by atoms with Crippen molar-refractivity contribution >= 4 is 33.2 Å². The number of hydrogen-bond donors (Lipinski definition) is 3. The lowest BCUT2D eigenvalue weighted by molar-refractivity contribution is -0.137. The van der Waals surface area contributed by atoms with Crippen molar-refractivity contribution < 1.29 is 26.7 Å². The first-order valence-electron chi connectivity index (χ1n) is 10.5. The van der Waals surface area contributed by atoms with Gasteiger partial charge in [0.2, 0.25) is 16.0 Å². The molecule has 0 atom stereocenters. The largest absolute Gasteiger partial charge is 0.421 e. The fraction of sp³-hybridized carbons (Fsp3) is 0.304. The molecular formula is C23H26F3N5O3S.